The van der Waals surface area contributed by atoms with Crippen LogP contribution in [0.5, 0.6) is 0 Å². The molecule has 0 aromatic carbocycles. The fraction of sp³-hybridized carbons (Fsp3) is 0.632. The van der Waals surface area contributed by atoms with Gasteiger partial charge < -0.3 is 14.8 Å². The third-order valence-corrected chi connectivity index (χ3v) is 6.46. The molecule has 1 saturated heterocycles. The van der Waals surface area contributed by atoms with Crippen molar-refractivity contribution in [1.29, 1.82) is 0 Å². The van der Waals surface area contributed by atoms with Gasteiger partial charge >= 0.3 is 0 Å². The molecule has 2 aliphatic heterocycles. The van der Waals surface area contributed by atoms with Crippen LogP contribution in [0.15, 0.2) is 11.0 Å². The highest BCUT2D eigenvalue weighted by Gasteiger charge is 2.51. The average Bonchev–Trinajstić information content (AvgIpc) is 3.31. The largest absolute Gasteiger partial charge is 0.348 e. The van der Waals surface area contributed by atoms with Gasteiger partial charge in [0.15, 0.2) is 0 Å². The molecule has 0 unspecified atom stereocenters. The fourth-order valence-electron chi connectivity index (χ4n) is 4.65. The molecule has 1 N–H and O–H groups in total. The molecule has 1 saturated carbocycles. The van der Waals surface area contributed by atoms with Gasteiger partial charge in [-0.05, 0) is 32.6 Å². The van der Waals surface area contributed by atoms with Crippen LogP contribution >= 0.6 is 0 Å². The summed E-state index contributed by atoms with van der Waals surface area (Å²) in [6.45, 7) is 3.71. The topological polar surface area (TPSA) is 108 Å². The Morgan fingerprint density at radius 1 is 1.25 bits per heavy atom. The molecule has 1 aliphatic carbocycles. The summed E-state index contributed by atoms with van der Waals surface area (Å²) in [5, 5.41) is 7.56. The van der Waals surface area contributed by atoms with Gasteiger partial charge in [-0.25, -0.2) is 9.61 Å². The Morgan fingerprint density at radius 3 is 2.71 bits per heavy atom. The lowest BCUT2D eigenvalue weighted by molar-refractivity contribution is -0.145. The first-order valence-corrected chi connectivity index (χ1v) is 9.98. The van der Waals surface area contributed by atoms with Crippen LogP contribution in [0, 0.1) is 12.8 Å². The highest BCUT2D eigenvalue weighted by molar-refractivity contribution is 5.82. The zero-order valence-corrected chi connectivity index (χ0v) is 16.0. The van der Waals surface area contributed by atoms with Gasteiger partial charge in [-0.15, -0.1) is 0 Å². The number of amides is 2. The van der Waals surface area contributed by atoms with Crippen LogP contribution < -0.4 is 0 Å². The Labute approximate surface area is 162 Å². The number of carbonyl (C=O) groups excluding carboxylic acids is 2. The van der Waals surface area contributed by atoms with Gasteiger partial charge in [-0.3, -0.25) is 9.59 Å². The number of carbonyl (C=O) groups is 2. The van der Waals surface area contributed by atoms with Crippen LogP contribution in [0.4, 0.5) is 0 Å². The zero-order valence-electron chi connectivity index (χ0n) is 16.0. The number of likely N-dealkylation sites (tertiary alicyclic amines) is 1. The molecule has 28 heavy (non-hydrogen) atoms. The number of aryl methyl sites for hydroxylation is 1. The average molecular weight is 384 g/mol. The van der Waals surface area contributed by atoms with Crippen LogP contribution in [0.25, 0.3) is 0 Å². The predicted octanol–water partition coefficient (Wildman–Crippen LogP) is 0.956. The molecule has 9 nitrogen and oxygen atoms in total. The van der Waals surface area contributed by atoms with Crippen molar-refractivity contribution in [2.75, 3.05) is 19.6 Å². The monoisotopic (exact) mass is 384 g/mol. The van der Waals surface area contributed by atoms with Crippen molar-refractivity contribution in [3.8, 4) is 0 Å². The van der Waals surface area contributed by atoms with Crippen LogP contribution in [0.3, 0.4) is 0 Å². The maximum Gasteiger partial charge on any atom is 0.228 e. The van der Waals surface area contributed by atoms with Gasteiger partial charge in [0, 0.05) is 37.7 Å². The molecule has 4 heterocycles. The van der Waals surface area contributed by atoms with E-state index in [2.05, 4.69) is 25.2 Å². The molecule has 0 atom stereocenters. The van der Waals surface area contributed by atoms with Crippen molar-refractivity contribution in [2.45, 2.75) is 51.0 Å². The second kappa shape index (κ2) is 6.42. The highest BCUT2D eigenvalue weighted by atomic mass is 16.6. The number of piperidine rings is 1. The maximum atomic E-state index is 13.0. The minimum atomic E-state index is -0.393. The first kappa shape index (κ1) is 17.4. The standard InChI is InChI=1S/C19H24N6O3/c1-12-15(23-28-22-12)10-16(26)24-8-5-19(6-9-24)17-14(20-11-21-17)4-7-25(19)18(27)13-2-3-13/h11,13H,2-10H2,1H3,(H,20,21). The number of rotatable bonds is 3. The molecule has 2 fully saturated rings. The molecule has 1 spiro atoms. The molecule has 0 bridgehead atoms. The molecule has 3 aliphatic rings. The summed E-state index contributed by atoms with van der Waals surface area (Å²) in [7, 11) is 0. The normalized spacial score (nSPS) is 21.0. The van der Waals surface area contributed by atoms with Gasteiger partial charge in [-0.2, -0.15) is 0 Å². The van der Waals surface area contributed by atoms with Crippen molar-refractivity contribution < 1.29 is 14.2 Å². The second-order valence-electron chi connectivity index (χ2n) is 8.13. The van der Waals surface area contributed by atoms with E-state index >= 15 is 0 Å². The Bertz CT molecular complexity index is 906. The lowest BCUT2D eigenvalue weighted by Gasteiger charge is -2.50. The van der Waals surface area contributed by atoms with Crippen molar-refractivity contribution in [3.05, 3.63) is 29.1 Å². The summed E-state index contributed by atoms with van der Waals surface area (Å²) in [4.78, 5) is 37.5. The van der Waals surface area contributed by atoms with E-state index in [-0.39, 0.29) is 24.2 Å². The number of nitrogens with zero attached hydrogens (tertiary/aromatic N) is 5. The zero-order chi connectivity index (χ0) is 19.3. The van der Waals surface area contributed by atoms with E-state index in [9.17, 15) is 9.59 Å². The number of imidazole rings is 1. The van der Waals surface area contributed by atoms with E-state index in [0.29, 0.717) is 37.3 Å². The Hall–Kier alpha value is -2.71. The van der Waals surface area contributed by atoms with Crippen molar-refractivity contribution in [3.63, 3.8) is 0 Å². The quantitative estimate of drug-likeness (QED) is 0.844. The number of aromatic nitrogens is 4. The lowest BCUT2D eigenvalue weighted by Crippen LogP contribution is -2.59. The first-order chi connectivity index (χ1) is 13.6. The molecule has 148 valence electrons. The van der Waals surface area contributed by atoms with Gasteiger partial charge in [-0.1, -0.05) is 10.3 Å². The fourth-order valence-corrected chi connectivity index (χ4v) is 4.65. The predicted molar refractivity (Wildman–Crippen MR) is 97.0 cm³/mol. The van der Waals surface area contributed by atoms with E-state index in [1.807, 2.05) is 4.90 Å². The van der Waals surface area contributed by atoms with Crippen LogP contribution in [0.1, 0.15) is 48.5 Å². The molecule has 2 amide bonds. The molecule has 2 aromatic rings. The smallest absolute Gasteiger partial charge is 0.228 e. The molecular weight excluding hydrogens is 360 g/mol. The maximum absolute atomic E-state index is 13.0. The minimum absolute atomic E-state index is 0.0202. The van der Waals surface area contributed by atoms with Gasteiger partial charge in [0.05, 0.1) is 24.0 Å². The van der Waals surface area contributed by atoms with Crippen LogP contribution in [-0.4, -0.2) is 61.5 Å². The van der Waals surface area contributed by atoms with Gasteiger partial charge in [0.25, 0.3) is 0 Å². The number of H-pyrrole nitrogens is 1. The molecule has 9 heteroatoms. The van der Waals surface area contributed by atoms with E-state index in [1.165, 1.54) is 0 Å². The Morgan fingerprint density at radius 2 is 2.04 bits per heavy atom. The number of hydrogen-bond acceptors (Lipinski definition) is 6. The highest BCUT2D eigenvalue weighted by Crippen LogP contribution is 2.45. The molecule has 2 aromatic heterocycles. The summed E-state index contributed by atoms with van der Waals surface area (Å²) >= 11 is 0. The van der Waals surface area contributed by atoms with Crippen molar-refractivity contribution >= 4 is 11.8 Å². The van der Waals surface area contributed by atoms with Crippen molar-refractivity contribution in [1.82, 2.24) is 30.1 Å². The lowest BCUT2D eigenvalue weighted by atomic mass is 9.78. The molecular formula is C19H24N6O3. The summed E-state index contributed by atoms with van der Waals surface area (Å²) in [5.41, 5.74) is 2.97. The van der Waals surface area contributed by atoms with Gasteiger partial charge in [0.1, 0.15) is 11.4 Å². The van der Waals surface area contributed by atoms with Gasteiger partial charge in [0.2, 0.25) is 11.8 Å². The summed E-state index contributed by atoms with van der Waals surface area (Å²) < 4.78 is 4.70. The van der Waals surface area contributed by atoms with Crippen molar-refractivity contribution in [2.24, 2.45) is 5.92 Å². The minimum Gasteiger partial charge on any atom is -0.348 e. The van der Waals surface area contributed by atoms with Crippen LogP contribution in [-0.2, 0) is 28.0 Å². The number of fused-ring (bicyclic) bond motifs is 2. The first-order valence-electron chi connectivity index (χ1n) is 9.98. The summed E-state index contributed by atoms with van der Waals surface area (Å²) in [6, 6.07) is 0. The third kappa shape index (κ3) is 2.71. The molecule has 0 radical (unpaired) electrons. The van der Waals surface area contributed by atoms with E-state index in [4.69, 9.17) is 4.63 Å². The van der Waals surface area contributed by atoms with Crippen LogP contribution in [0.2, 0.25) is 0 Å². The third-order valence-electron chi connectivity index (χ3n) is 6.46. The SMILES string of the molecule is Cc1nonc1CC(=O)N1CCC2(CC1)c1nc[nH]c1CCN2C(=O)C1CC1. The van der Waals surface area contributed by atoms with E-state index < -0.39 is 5.54 Å². The molecule has 5 rings (SSSR count). The number of nitrogens with one attached hydrogen (secondary N) is 1. The summed E-state index contributed by atoms with van der Waals surface area (Å²) in [6.07, 6.45) is 6.16. The number of aromatic amines is 1. The number of hydrogen-bond donors (Lipinski definition) is 1. The second-order valence-corrected chi connectivity index (χ2v) is 8.13. The Kier molecular flexibility index (Phi) is 3.99. The summed E-state index contributed by atoms with van der Waals surface area (Å²) in [5.74, 6) is 0.462. The van der Waals surface area contributed by atoms with E-state index in [1.54, 1.807) is 13.3 Å². The van der Waals surface area contributed by atoms with E-state index in [0.717, 1.165) is 37.2 Å². The Balaban J connectivity index is 1.36.